The summed E-state index contributed by atoms with van der Waals surface area (Å²) in [5.74, 6) is -0.493. The highest BCUT2D eigenvalue weighted by Crippen LogP contribution is 2.57. The molecule has 0 bridgehead atoms. The minimum Gasteiger partial charge on any atom is -0.460 e. The van der Waals surface area contributed by atoms with Crippen molar-refractivity contribution in [3.63, 3.8) is 0 Å². The first kappa shape index (κ1) is 24.3. The Balaban J connectivity index is 1.86. The fraction of sp³-hybridized carbons (Fsp3) is 0.900. The molecule has 0 radical (unpaired) electrons. The minimum atomic E-state index is -3.80. The third kappa shape index (κ3) is 8.00. The molecule has 0 spiro atoms. The van der Waals surface area contributed by atoms with Crippen molar-refractivity contribution in [1.82, 2.24) is 5.32 Å². The third-order valence-electron chi connectivity index (χ3n) is 5.02. The van der Waals surface area contributed by atoms with E-state index in [0.717, 1.165) is 25.7 Å². The van der Waals surface area contributed by atoms with Crippen LogP contribution in [0.25, 0.3) is 0 Å². The van der Waals surface area contributed by atoms with Crippen LogP contribution in [0, 0.1) is 11.3 Å². The molecule has 2 aliphatic rings. The van der Waals surface area contributed by atoms with E-state index in [0.29, 0.717) is 12.5 Å². The van der Waals surface area contributed by atoms with Crippen LogP contribution in [-0.2, 0) is 32.5 Å². The molecule has 168 valence electrons. The van der Waals surface area contributed by atoms with Crippen molar-refractivity contribution < 1.29 is 32.5 Å². The van der Waals surface area contributed by atoms with E-state index in [4.69, 9.17) is 18.3 Å². The zero-order valence-electron chi connectivity index (χ0n) is 18.3. The van der Waals surface area contributed by atoms with Gasteiger partial charge in [-0.05, 0) is 39.5 Å². The first-order valence-electron chi connectivity index (χ1n) is 10.5. The number of rotatable bonds is 7. The molecule has 1 aliphatic heterocycles. The predicted molar refractivity (Wildman–Crippen MR) is 108 cm³/mol. The second-order valence-corrected chi connectivity index (χ2v) is 11.2. The molecular weight excluding hydrogens is 397 g/mol. The number of carbonyl (C=O) groups excluding carboxylic acids is 2. The monoisotopic (exact) mass is 433 g/mol. The largest absolute Gasteiger partial charge is 0.475 e. The van der Waals surface area contributed by atoms with Crippen LogP contribution >= 0.6 is 7.82 Å². The Bertz CT molecular complexity index is 623. The van der Waals surface area contributed by atoms with E-state index in [9.17, 15) is 14.2 Å². The van der Waals surface area contributed by atoms with Gasteiger partial charge in [0.05, 0.1) is 19.6 Å². The molecule has 0 aromatic carbocycles. The molecule has 9 heteroatoms. The molecular formula is C20H36NO7P. The molecule has 1 heterocycles. The second kappa shape index (κ2) is 9.90. The summed E-state index contributed by atoms with van der Waals surface area (Å²) in [5.41, 5.74) is -1.26. The van der Waals surface area contributed by atoms with E-state index < -0.39 is 36.8 Å². The van der Waals surface area contributed by atoms with Crippen LogP contribution in [0.15, 0.2) is 0 Å². The number of hydrogen-bond acceptors (Lipinski definition) is 7. The summed E-state index contributed by atoms with van der Waals surface area (Å²) in [4.78, 5) is 24.4. The number of phosphoric acid groups is 1. The fourth-order valence-electron chi connectivity index (χ4n) is 3.42. The number of ether oxygens (including phenoxy) is 1. The number of phosphoric ester groups is 1. The normalized spacial score (nSPS) is 28.0. The highest BCUT2D eigenvalue weighted by molar-refractivity contribution is 7.48. The van der Waals surface area contributed by atoms with Crippen LogP contribution in [0.1, 0.15) is 73.1 Å². The zero-order valence-corrected chi connectivity index (χ0v) is 19.2. The number of nitrogens with one attached hydrogen (secondary N) is 1. The van der Waals surface area contributed by atoms with Crippen molar-refractivity contribution in [3.8, 4) is 0 Å². The van der Waals surface area contributed by atoms with E-state index >= 15 is 0 Å². The number of esters is 1. The summed E-state index contributed by atoms with van der Waals surface area (Å²) in [6, 6.07) is 0. The lowest BCUT2D eigenvalue weighted by Crippen LogP contribution is -2.50. The van der Waals surface area contributed by atoms with Crippen LogP contribution in [0.5, 0.6) is 0 Å². The third-order valence-corrected chi connectivity index (χ3v) is 6.40. The summed E-state index contributed by atoms with van der Waals surface area (Å²) < 4.78 is 34.6. The van der Waals surface area contributed by atoms with Crippen molar-refractivity contribution in [2.24, 2.45) is 11.3 Å². The lowest BCUT2D eigenvalue weighted by molar-refractivity contribution is -0.154. The molecule has 0 aromatic rings. The van der Waals surface area contributed by atoms with Gasteiger partial charge < -0.3 is 10.1 Å². The van der Waals surface area contributed by atoms with Crippen LogP contribution in [0.4, 0.5) is 0 Å². The van der Waals surface area contributed by atoms with Gasteiger partial charge in [-0.25, -0.2) is 4.57 Å². The summed E-state index contributed by atoms with van der Waals surface area (Å²) in [6.07, 6.45) is 4.65. The molecule has 29 heavy (non-hydrogen) atoms. The van der Waals surface area contributed by atoms with Gasteiger partial charge in [-0.1, -0.05) is 33.1 Å². The Labute approximate surface area is 174 Å². The quantitative estimate of drug-likeness (QED) is 0.479. The van der Waals surface area contributed by atoms with Gasteiger partial charge in [-0.15, -0.1) is 0 Å². The summed E-state index contributed by atoms with van der Waals surface area (Å²) in [6.45, 7) is 9.46. The fourth-order valence-corrected chi connectivity index (χ4v) is 5.14. The molecule has 1 amide bonds. The molecule has 8 nitrogen and oxygen atoms in total. The summed E-state index contributed by atoms with van der Waals surface area (Å²) in [5, 5.41) is 2.67. The Hall–Kier alpha value is -0.950. The topological polar surface area (TPSA) is 100 Å². The van der Waals surface area contributed by atoms with Gasteiger partial charge >= 0.3 is 13.8 Å². The Morgan fingerprint density at radius 3 is 2.45 bits per heavy atom. The highest BCUT2D eigenvalue weighted by atomic mass is 31.2. The predicted octanol–water partition coefficient (Wildman–Crippen LogP) is 3.98. The molecule has 2 rings (SSSR count). The zero-order chi connectivity index (χ0) is 21.7. The molecule has 2 atom stereocenters. The van der Waals surface area contributed by atoms with Crippen LogP contribution in [-0.4, -0.2) is 43.3 Å². The van der Waals surface area contributed by atoms with Gasteiger partial charge in [0.15, 0.2) is 6.10 Å². The average Bonchev–Trinajstić information content (AvgIpc) is 2.62. The number of carbonyl (C=O) groups is 2. The van der Waals surface area contributed by atoms with Crippen molar-refractivity contribution in [2.75, 3.05) is 19.8 Å². The van der Waals surface area contributed by atoms with E-state index in [1.165, 1.54) is 6.42 Å². The van der Waals surface area contributed by atoms with Gasteiger partial charge in [-0.2, -0.15) is 0 Å². The molecule has 2 fully saturated rings. The molecule has 0 unspecified atom stereocenters. The maximum absolute atomic E-state index is 12.9. The first-order chi connectivity index (χ1) is 13.4. The minimum absolute atomic E-state index is 0.0441. The van der Waals surface area contributed by atoms with Crippen LogP contribution in [0.3, 0.4) is 0 Å². The lowest BCUT2D eigenvalue weighted by atomic mass is 9.87. The van der Waals surface area contributed by atoms with E-state index in [2.05, 4.69) is 5.32 Å². The number of amides is 1. The Morgan fingerprint density at radius 2 is 1.83 bits per heavy atom. The highest BCUT2D eigenvalue weighted by Gasteiger charge is 2.49. The first-order valence-corrected chi connectivity index (χ1v) is 11.9. The van der Waals surface area contributed by atoms with Gasteiger partial charge in [0, 0.05) is 12.0 Å². The average molecular weight is 433 g/mol. The maximum Gasteiger partial charge on any atom is 0.475 e. The van der Waals surface area contributed by atoms with Gasteiger partial charge in [-0.3, -0.25) is 23.2 Å². The van der Waals surface area contributed by atoms with Crippen molar-refractivity contribution in [1.29, 1.82) is 0 Å². The van der Waals surface area contributed by atoms with Crippen molar-refractivity contribution in [2.45, 2.75) is 84.8 Å². The molecule has 1 aliphatic carbocycles. The van der Waals surface area contributed by atoms with Crippen LogP contribution < -0.4 is 5.32 Å². The molecule has 1 saturated heterocycles. The smallest absolute Gasteiger partial charge is 0.460 e. The van der Waals surface area contributed by atoms with Crippen molar-refractivity contribution in [3.05, 3.63) is 0 Å². The Morgan fingerprint density at radius 1 is 1.17 bits per heavy atom. The SMILES string of the molecule is CC(C)(C)OC(=O)CCNC(=O)[C@@H]1O[P@](=O)(OCC2CCCCC2)OCC1(C)C. The summed E-state index contributed by atoms with van der Waals surface area (Å²) in [7, 11) is -3.80. The van der Waals surface area contributed by atoms with Gasteiger partial charge in [0.1, 0.15) is 5.60 Å². The second-order valence-electron chi connectivity index (χ2n) is 9.62. The molecule has 0 aromatic heterocycles. The van der Waals surface area contributed by atoms with E-state index in [1.807, 2.05) is 0 Å². The lowest BCUT2D eigenvalue weighted by Gasteiger charge is -2.39. The van der Waals surface area contributed by atoms with Gasteiger partial charge in [0.2, 0.25) is 5.91 Å². The van der Waals surface area contributed by atoms with E-state index in [1.54, 1.807) is 34.6 Å². The van der Waals surface area contributed by atoms with Crippen molar-refractivity contribution >= 4 is 19.7 Å². The molecule has 1 N–H and O–H groups in total. The maximum atomic E-state index is 12.9. The van der Waals surface area contributed by atoms with E-state index in [-0.39, 0.29) is 19.6 Å². The van der Waals surface area contributed by atoms with Crippen LogP contribution in [0.2, 0.25) is 0 Å². The Kier molecular flexibility index (Phi) is 8.31. The summed E-state index contributed by atoms with van der Waals surface area (Å²) >= 11 is 0. The number of hydrogen-bond donors (Lipinski definition) is 1. The van der Waals surface area contributed by atoms with Gasteiger partial charge in [0.25, 0.3) is 0 Å². The standard InChI is InChI=1S/C20H36NO7P/c1-19(2,3)27-16(22)11-12-21-18(23)17-20(4,5)14-26-29(24,28-17)25-13-15-9-7-6-8-10-15/h15,17H,6-14H2,1-5H3,(H,21,23)/t17-,29+/m0/s1. The molecule has 1 saturated carbocycles.